The van der Waals surface area contributed by atoms with Gasteiger partial charge in [0, 0.05) is 0 Å². The summed E-state index contributed by atoms with van der Waals surface area (Å²) in [6, 6.07) is 7.35. The Kier molecular flexibility index (Phi) is 3.08. The van der Waals surface area contributed by atoms with E-state index in [9.17, 15) is 4.79 Å². The zero-order valence-electron chi connectivity index (χ0n) is 8.14. The van der Waals surface area contributed by atoms with Crippen molar-refractivity contribution in [1.29, 1.82) is 5.26 Å². The highest BCUT2D eigenvalue weighted by atomic mass is 32.2. The molecule has 1 aromatic carbocycles. The molecule has 0 fully saturated rings. The Bertz CT molecular complexity index is 525. The van der Waals surface area contributed by atoms with Gasteiger partial charge in [-0.1, -0.05) is 23.9 Å². The van der Waals surface area contributed by atoms with E-state index in [-0.39, 0.29) is 11.7 Å². The van der Waals surface area contributed by atoms with Crippen LogP contribution in [0.1, 0.15) is 0 Å². The molecule has 0 bridgehead atoms. The number of carbonyl (C=O) groups is 1. The van der Waals surface area contributed by atoms with Crippen molar-refractivity contribution in [2.24, 2.45) is 0 Å². The number of para-hydroxylation sites is 2. The minimum Gasteiger partial charge on any atom is -0.431 e. The molecular formula is C10H7N3O2S. The number of benzene rings is 1. The van der Waals surface area contributed by atoms with Crippen LogP contribution in [0.15, 0.2) is 33.9 Å². The molecule has 1 N–H and O–H groups in total. The highest BCUT2D eigenvalue weighted by Crippen LogP contribution is 2.22. The first-order valence-electron chi connectivity index (χ1n) is 4.46. The minimum absolute atomic E-state index is 0.111. The van der Waals surface area contributed by atoms with Crippen LogP contribution in [0, 0.1) is 11.5 Å². The third kappa shape index (κ3) is 2.32. The van der Waals surface area contributed by atoms with E-state index in [2.05, 4.69) is 4.98 Å². The fraction of sp³-hybridized carbons (Fsp3) is 0.100. The van der Waals surface area contributed by atoms with Gasteiger partial charge in [0.15, 0.2) is 11.8 Å². The summed E-state index contributed by atoms with van der Waals surface area (Å²) in [5, 5.41) is 10.7. The van der Waals surface area contributed by atoms with Crippen LogP contribution in [0.2, 0.25) is 0 Å². The smallest absolute Gasteiger partial charge is 0.257 e. The van der Waals surface area contributed by atoms with Crippen molar-refractivity contribution in [3.63, 3.8) is 0 Å². The summed E-state index contributed by atoms with van der Waals surface area (Å²) in [5.74, 6) is -0.254. The van der Waals surface area contributed by atoms with E-state index in [0.29, 0.717) is 10.8 Å². The number of thioether (sulfide) groups is 1. The molecule has 0 saturated heterocycles. The molecule has 1 heterocycles. The average molecular weight is 233 g/mol. The van der Waals surface area contributed by atoms with Crippen LogP contribution in [0.4, 0.5) is 0 Å². The Morgan fingerprint density at radius 1 is 1.56 bits per heavy atom. The summed E-state index contributed by atoms with van der Waals surface area (Å²) in [6.07, 6.45) is 1.57. The predicted octanol–water partition coefficient (Wildman–Crippen LogP) is 1.52. The van der Waals surface area contributed by atoms with E-state index >= 15 is 0 Å². The van der Waals surface area contributed by atoms with Crippen molar-refractivity contribution in [1.82, 2.24) is 10.3 Å². The van der Waals surface area contributed by atoms with Gasteiger partial charge in [0.05, 0.1) is 5.75 Å². The topological polar surface area (TPSA) is 78.9 Å². The molecule has 6 heteroatoms. The number of nitrogens with zero attached hydrogens (tertiary/aromatic N) is 2. The molecule has 1 amide bonds. The molecule has 80 valence electrons. The molecule has 1 aromatic heterocycles. The molecule has 0 radical (unpaired) electrons. The number of nitriles is 1. The lowest BCUT2D eigenvalue weighted by Gasteiger charge is -1.92. The molecule has 2 aromatic rings. The summed E-state index contributed by atoms with van der Waals surface area (Å²) in [7, 11) is 0. The van der Waals surface area contributed by atoms with Crippen molar-refractivity contribution < 1.29 is 9.21 Å². The highest BCUT2D eigenvalue weighted by molar-refractivity contribution is 7.99. The van der Waals surface area contributed by atoms with Gasteiger partial charge < -0.3 is 4.42 Å². The molecule has 16 heavy (non-hydrogen) atoms. The van der Waals surface area contributed by atoms with Crippen LogP contribution in [0.3, 0.4) is 0 Å². The molecule has 0 aliphatic heterocycles. The van der Waals surface area contributed by atoms with E-state index < -0.39 is 0 Å². The van der Waals surface area contributed by atoms with Gasteiger partial charge in [-0.2, -0.15) is 5.26 Å². The van der Waals surface area contributed by atoms with Crippen molar-refractivity contribution in [3.8, 4) is 6.19 Å². The Morgan fingerprint density at radius 3 is 3.12 bits per heavy atom. The monoisotopic (exact) mass is 233 g/mol. The second-order valence-corrected chi connectivity index (χ2v) is 3.82. The predicted molar refractivity (Wildman–Crippen MR) is 58.5 cm³/mol. The maximum atomic E-state index is 11.0. The van der Waals surface area contributed by atoms with Gasteiger partial charge in [-0.25, -0.2) is 4.98 Å². The summed E-state index contributed by atoms with van der Waals surface area (Å²) < 4.78 is 5.39. The number of hydrogen-bond donors (Lipinski definition) is 1. The molecule has 0 aliphatic rings. The number of amides is 1. The standard InChI is InChI=1S/C10H7N3O2S/c11-6-12-9(14)5-16-10-13-7-3-1-2-4-8(7)15-10/h1-4H,5H2,(H,12,14). The van der Waals surface area contributed by atoms with Crippen LogP contribution < -0.4 is 5.32 Å². The third-order valence-corrected chi connectivity index (χ3v) is 2.62. The Labute approximate surface area is 95.4 Å². The van der Waals surface area contributed by atoms with Gasteiger partial charge in [0.25, 0.3) is 5.22 Å². The Balaban J connectivity index is 2.05. The molecule has 2 rings (SSSR count). The summed E-state index contributed by atoms with van der Waals surface area (Å²) in [5.41, 5.74) is 1.44. The number of rotatable bonds is 3. The Hall–Kier alpha value is -2.00. The minimum atomic E-state index is -0.366. The number of aromatic nitrogens is 1. The maximum absolute atomic E-state index is 11.0. The summed E-state index contributed by atoms with van der Waals surface area (Å²) >= 11 is 1.15. The molecular weight excluding hydrogens is 226 g/mol. The lowest BCUT2D eigenvalue weighted by molar-refractivity contribution is -0.117. The maximum Gasteiger partial charge on any atom is 0.257 e. The van der Waals surface area contributed by atoms with Gasteiger partial charge in [0.2, 0.25) is 5.91 Å². The SMILES string of the molecule is N#CNC(=O)CSc1nc2ccccc2o1. The molecule has 0 unspecified atom stereocenters. The van der Waals surface area contributed by atoms with Gasteiger partial charge in [-0.05, 0) is 12.1 Å². The normalized spacial score (nSPS) is 9.94. The van der Waals surface area contributed by atoms with Crippen LogP contribution >= 0.6 is 11.8 Å². The van der Waals surface area contributed by atoms with E-state index in [1.807, 2.05) is 29.6 Å². The second kappa shape index (κ2) is 4.68. The summed E-state index contributed by atoms with van der Waals surface area (Å²) in [4.78, 5) is 15.2. The third-order valence-electron chi connectivity index (χ3n) is 1.80. The number of fused-ring (bicyclic) bond motifs is 1. The zero-order valence-corrected chi connectivity index (χ0v) is 8.95. The highest BCUT2D eigenvalue weighted by Gasteiger charge is 2.08. The first-order valence-corrected chi connectivity index (χ1v) is 5.44. The van der Waals surface area contributed by atoms with Gasteiger partial charge in [0.1, 0.15) is 5.52 Å². The largest absolute Gasteiger partial charge is 0.431 e. The number of oxazole rings is 1. The number of hydrogen-bond acceptors (Lipinski definition) is 5. The summed E-state index contributed by atoms with van der Waals surface area (Å²) in [6.45, 7) is 0. The number of nitrogens with one attached hydrogen (secondary N) is 1. The molecule has 0 atom stereocenters. The van der Waals surface area contributed by atoms with Gasteiger partial charge >= 0.3 is 0 Å². The Morgan fingerprint density at radius 2 is 2.38 bits per heavy atom. The van der Waals surface area contributed by atoms with Crippen molar-refractivity contribution in [3.05, 3.63) is 24.3 Å². The van der Waals surface area contributed by atoms with Crippen molar-refractivity contribution in [2.45, 2.75) is 5.22 Å². The molecule has 0 saturated carbocycles. The number of carbonyl (C=O) groups excluding carboxylic acids is 1. The van der Waals surface area contributed by atoms with E-state index in [1.165, 1.54) is 0 Å². The fourth-order valence-electron chi connectivity index (χ4n) is 1.14. The van der Waals surface area contributed by atoms with Crippen molar-refractivity contribution in [2.75, 3.05) is 5.75 Å². The molecule has 5 nitrogen and oxygen atoms in total. The first-order chi connectivity index (χ1) is 7.79. The van der Waals surface area contributed by atoms with Gasteiger partial charge in [-0.15, -0.1) is 0 Å². The van der Waals surface area contributed by atoms with E-state index in [0.717, 1.165) is 17.3 Å². The van der Waals surface area contributed by atoms with Gasteiger partial charge in [-0.3, -0.25) is 10.1 Å². The molecule has 0 aliphatic carbocycles. The fourth-order valence-corrected chi connectivity index (χ4v) is 1.78. The van der Waals surface area contributed by atoms with Crippen LogP contribution in [-0.2, 0) is 4.79 Å². The first kappa shape index (κ1) is 10.5. The lowest BCUT2D eigenvalue weighted by atomic mass is 10.3. The van der Waals surface area contributed by atoms with E-state index in [4.69, 9.17) is 9.68 Å². The van der Waals surface area contributed by atoms with E-state index in [1.54, 1.807) is 6.19 Å². The zero-order chi connectivity index (χ0) is 11.4. The molecule has 0 spiro atoms. The average Bonchev–Trinajstić information content (AvgIpc) is 2.69. The van der Waals surface area contributed by atoms with Crippen molar-refractivity contribution >= 4 is 28.8 Å². The van der Waals surface area contributed by atoms with Crippen LogP contribution in [-0.4, -0.2) is 16.6 Å². The lowest BCUT2D eigenvalue weighted by Crippen LogP contribution is -2.19. The second-order valence-electron chi connectivity index (χ2n) is 2.90. The van der Waals surface area contributed by atoms with Crippen LogP contribution in [0.5, 0.6) is 0 Å². The van der Waals surface area contributed by atoms with Crippen LogP contribution in [0.25, 0.3) is 11.1 Å². The quantitative estimate of drug-likeness (QED) is 0.494.